The third-order valence-electron chi connectivity index (χ3n) is 4.91. The Hall–Kier alpha value is -3.16. The Kier molecular flexibility index (Phi) is 8.93. The van der Waals surface area contributed by atoms with Gasteiger partial charge >= 0.3 is 5.97 Å². The van der Waals surface area contributed by atoms with E-state index in [1.807, 2.05) is 0 Å². The van der Waals surface area contributed by atoms with E-state index < -0.39 is 17.7 Å². The van der Waals surface area contributed by atoms with Gasteiger partial charge < -0.3 is 24.3 Å². The van der Waals surface area contributed by atoms with Gasteiger partial charge in [0.15, 0.2) is 11.0 Å². The summed E-state index contributed by atoms with van der Waals surface area (Å²) in [5.41, 5.74) is 0.582. The molecule has 0 radical (unpaired) electrons. The van der Waals surface area contributed by atoms with Gasteiger partial charge in [-0.1, -0.05) is 23.4 Å². The number of nitrogens with one attached hydrogen (secondary N) is 1. The minimum absolute atomic E-state index is 0.0328. The normalized spacial score (nSPS) is 10.8. The topological polar surface area (TPSA) is 116 Å². The van der Waals surface area contributed by atoms with Crippen molar-refractivity contribution in [3.8, 4) is 5.75 Å². The molecule has 36 heavy (non-hydrogen) atoms. The van der Waals surface area contributed by atoms with Crippen LogP contribution in [0.25, 0.3) is 0 Å². The van der Waals surface area contributed by atoms with Crippen LogP contribution in [0, 0.1) is 12.7 Å². The molecule has 0 aliphatic heterocycles. The molecule has 0 atom stereocenters. The molecule has 3 rings (SSSR count). The predicted octanol–water partition coefficient (Wildman–Crippen LogP) is 3.78. The highest BCUT2D eigenvalue weighted by Gasteiger charge is 2.27. The molecule has 2 heterocycles. The van der Waals surface area contributed by atoms with Gasteiger partial charge in [0.1, 0.15) is 23.2 Å². The van der Waals surface area contributed by atoms with Gasteiger partial charge in [-0.05, 0) is 24.6 Å². The molecular weight excluding hydrogens is 533 g/mol. The second-order valence-corrected chi connectivity index (χ2v) is 9.98. The molecule has 0 bridgehead atoms. The Balaban J connectivity index is 1.66. The number of thioether (sulfide) groups is 1. The molecule has 0 aliphatic carbocycles. The van der Waals surface area contributed by atoms with Crippen LogP contribution in [-0.2, 0) is 23.2 Å². The molecule has 14 heteroatoms. The Morgan fingerprint density at radius 2 is 2.00 bits per heavy atom. The van der Waals surface area contributed by atoms with Gasteiger partial charge in [0.05, 0.1) is 28.3 Å². The molecular formula is C22H23ClFN5O5S2. The van der Waals surface area contributed by atoms with Crippen LogP contribution in [0.15, 0.2) is 23.4 Å². The first-order valence-electron chi connectivity index (χ1n) is 10.4. The number of aromatic nitrogens is 3. The van der Waals surface area contributed by atoms with Crippen molar-refractivity contribution in [3.63, 3.8) is 0 Å². The number of benzene rings is 1. The molecule has 3 aromatic rings. The van der Waals surface area contributed by atoms with Crippen LogP contribution in [0.4, 0.5) is 9.39 Å². The molecule has 1 aromatic carbocycles. The number of nitrogens with zero attached hydrogens (tertiary/aromatic N) is 4. The number of ether oxygens (including phenoxy) is 2. The number of carbonyl (C=O) groups excluding carboxylic acids is 3. The van der Waals surface area contributed by atoms with E-state index in [9.17, 15) is 18.8 Å². The minimum atomic E-state index is -0.648. The summed E-state index contributed by atoms with van der Waals surface area (Å²) in [7, 11) is 6.15. The largest absolute Gasteiger partial charge is 0.486 e. The average Bonchev–Trinajstić information content (AvgIpc) is 3.36. The maximum atomic E-state index is 13.3. The van der Waals surface area contributed by atoms with Gasteiger partial charge in [0, 0.05) is 27.2 Å². The first kappa shape index (κ1) is 27.4. The second-order valence-electron chi connectivity index (χ2n) is 7.61. The maximum absolute atomic E-state index is 13.3. The fourth-order valence-electron chi connectivity index (χ4n) is 2.96. The second kappa shape index (κ2) is 11.7. The number of esters is 1. The number of hydrogen-bond acceptors (Lipinski definition) is 9. The average molecular weight is 556 g/mol. The van der Waals surface area contributed by atoms with Crippen molar-refractivity contribution in [1.29, 1.82) is 0 Å². The molecule has 2 aromatic heterocycles. The van der Waals surface area contributed by atoms with E-state index in [1.54, 1.807) is 32.6 Å². The van der Waals surface area contributed by atoms with Gasteiger partial charge in [-0.25, -0.2) is 9.18 Å². The van der Waals surface area contributed by atoms with Crippen LogP contribution in [-0.4, -0.2) is 64.4 Å². The fourth-order valence-corrected chi connectivity index (χ4v) is 5.09. The van der Waals surface area contributed by atoms with Crippen molar-refractivity contribution in [2.24, 2.45) is 7.05 Å². The van der Waals surface area contributed by atoms with E-state index in [1.165, 1.54) is 30.2 Å². The summed E-state index contributed by atoms with van der Waals surface area (Å²) in [5, 5.41) is 11.5. The lowest BCUT2D eigenvalue weighted by molar-refractivity contribution is -0.113. The van der Waals surface area contributed by atoms with Crippen LogP contribution < -0.4 is 10.1 Å². The van der Waals surface area contributed by atoms with Crippen molar-refractivity contribution < 1.29 is 28.2 Å². The molecule has 0 saturated heterocycles. The zero-order chi connectivity index (χ0) is 26.6. The number of rotatable bonds is 9. The Bertz CT molecular complexity index is 1310. The van der Waals surface area contributed by atoms with Gasteiger partial charge in [-0.15, -0.1) is 21.5 Å². The molecule has 0 fully saturated rings. The Labute approximate surface area is 219 Å². The predicted molar refractivity (Wildman–Crippen MR) is 135 cm³/mol. The van der Waals surface area contributed by atoms with Gasteiger partial charge in [0.25, 0.3) is 5.91 Å². The highest BCUT2D eigenvalue weighted by molar-refractivity contribution is 7.99. The van der Waals surface area contributed by atoms with E-state index in [-0.39, 0.29) is 33.9 Å². The Morgan fingerprint density at radius 3 is 2.64 bits per heavy atom. The summed E-state index contributed by atoms with van der Waals surface area (Å²) >= 11 is 7.90. The molecule has 0 spiro atoms. The number of hydrogen-bond donors (Lipinski definition) is 1. The summed E-state index contributed by atoms with van der Waals surface area (Å²) < 4.78 is 25.4. The quantitative estimate of drug-likeness (QED) is 0.313. The molecule has 0 aliphatic rings. The van der Waals surface area contributed by atoms with Crippen molar-refractivity contribution >= 4 is 57.5 Å². The van der Waals surface area contributed by atoms with Gasteiger partial charge in [-0.3, -0.25) is 9.59 Å². The minimum Gasteiger partial charge on any atom is -0.486 e. The first-order chi connectivity index (χ1) is 17.0. The molecule has 192 valence electrons. The van der Waals surface area contributed by atoms with Crippen molar-refractivity contribution in [2.75, 3.05) is 32.3 Å². The standard InChI is InChI=1S/C22H23ClFN5O5S2/c1-11-17(21(32)33-5)19(36-18(11)20(31)28(2)3)25-16(30)10-35-22-27-26-15(29(22)4)9-34-12-6-7-14(24)13(23)8-12/h6-8H,9-10H2,1-5H3,(H,25,30). The van der Waals surface area contributed by atoms with Crippen molar-refractivity contribution in [3.05, 3.63) is 50.9 Å². The number of carbonyl (C=O) groups is 3. The molecule has 10 nitrogen and oxygen atoms in total. The van der Waals surface area contributed by atoms with Gasteiger partial charge in [-0.2, -0.15) is 0 Å². The summed E-state index contributed by atoms with van der Waals surface area (Å²) in [4.78, 5) is 39.2. The smallest absolute Gasteiger partial charge is 0.341 e. The summed E-state index contributed by atoms with van der Waals surface area (Å²) in [6, 6.07) is 4.01. The van der Waals surface area contributed by atoms with E-state index in [4.69, 9.17) is 21.1 Å². The highest BCUT2D eigenvalue weighted by atomic mass is 35.5. The van der Waals surface area contributed by atoms with Crippen LogP contribution in [0.1, 0.15) is 31.4 Å². The number of anilines is 1. The Morgan fingerprint density at radius 1 is 1.28 bits per heavy atom. The number of methoxy groups -OCH3 is 1. The zero-order valence-corrected chi connectivity index (χ0v) is 22.4. The van der Waals surface area contributed by atoms with Gasteiger partial charge in [0.2, 0.25) is 5.91 Å². The molecule has 0 unspecified atom stereocenters. The third kappa shape index (κ3) is 6.15. The van der Waals surface area contributed by atoms with E-state index in [0.29, 0.717) is 27.2 Å². The lowest BCUT2D eigenvalue weighted by Gasteiger charge is -2.08. The molecule has 1 N–H and O–H groups in total. The van der Waals surface area contributed by atoms with Crippen LogP contribution in [0.2, 0.25) is 5.02 Å². The number of halogens is 2. The monoisotopic (exact) mass is 555 g/mol. The highest BCUT2D eigenvalue weighted by Crippen LogP contribution is 2.34. The molecule has 0 saturated carbocycles. The zero-order valence-electron chi connectivity index (χ0n) is 20.0. The van der Waals surface area contributed by atoms with E-state index in [0.717, 1.165) is 23.1 Å². The maximum Gasteiger partial charge on any atom is 0.341 e. The fraction of sp³-hybridized carbons (Fsp3) is 0.318. The van der Waals surface area contributed by atoms with Crippen molar-refractivity contribution in [2.45, 2.75) is 18.7 Å². The lowest BCUT2D eigenvalue weighted by Crippen LogP contribution is -2.21. The third-order valence-corrected chi connectivity index (χ3v) is 7.41. The van der Waals surface area contributed by atoms with Crippen LogP contribution >= 0.6 is 34.7 Å². The van der Waals surface area contributed by atoms with E-state index in [2.05, 4.69) is 15.5 Å². The van der Waals surface area contributed by atoms with Crippen LogP contribution in [0.3, 0.4) is 0 Å². The summed E-state index contributed by atoms with van der Waals surface area (Å²) in [6.07, 6.45) is 0. The first-order valence-corrected chi connectivity index (χ1v) is 12.5. The lowest BCUT2D eigenvalue weighted by atomic mass is 10.1. The number of amides is 2. The number of thiophene rings is 1. The molecule has 2 amide bonds. The van der Waals surface area contributed by atoms with Crippen molar-refractivity contribution in [1.82, 2.24) is 19.7 Å². The van der Waals surface area contributed by atoms with E-state index >= 15 is 0 Å². The SMILES string of the molecule is COC(=O)c1c(NC(=O)CSc2nnc(COc3ccc(F)c(Cl)c3)n2C)sc(C(=O)N(C)C)c1C. The van der Waals surface area contributed by atoms with Crippen LogP contribution in [0.5, 0.6) is 5.75 Å². The summed E-state index contributed by atoms with van der Waals surface area (Å²) in [5.74, 6) is -1.06. The summed E-state index contributed by atoms with van der Waals surface area (Å²) in [6.45, 7) is 1.69.